The van der Waals surface area contributed by atoms with Gasteiger partial charge in [0.2, 0.25) is 10.0 Å². The van der Waals surface area contributed by atoms with Crippen LogP contribution in [-0.4, -0.2) is 38.4 Å². The molecule has 2 aromatic rings. The van der Waals surface area contributed by atoms with Gasteiger partial charge in [0, 0.05) is 13.1 Å². The van der Waals surface area contributed by atoms with Crippen LogP contribution in [0.5, 0.6) is 0 Å². The first kappa shape index (κ1) is 23.7. The lowest BCUT2D eigenvalue weighted by Crippen LogP contribution is -2.31. The van der Waals surface area contributed by atoms with E-state index in [4.69, 9.17) is 4.74 Å². The van der Waals surface area contributed by atoms with Crippen LogP contribution in [0, 0.1) is 19.8 Å². The third kappa shape index (κ3) is 5.26. The van der Waals surface area contributed by atoms with E-state index in [9.17, 15) is 13.2 Å². The van der Waals surface area contributed by atoms with Gasteiger partial charge in [-0.05, 0) is 49.6 Å². The molecule has 6 heteroatoms. The van der Waals surface area contributed by atoms with Crippen molar-refractivity contribution in [3.63, 3.8) is 0 Å². The summed E-state index contributed by atoms with van der Waals surface area (Å²) in [6.45, 7) is 10.0. The summed E-state index contributed by atoms with van der Waals surface area (Å²) in [6.07, 6.45) is 5.29. The Hall–Kier alpha value is -2.96. The molecule has 0 N–H and O–H groups in total. The lowest BCUT2D eigenvalue weighted by molar-refractivity contribution is -0.145. The molecule has 0 spiro atoms. The van der Waals surface area contributed by atoms with Gasteiger partial charge in [0.05, 0.1) is 17.4 Å². The molecular formula is C26H29NO4S. The Bertz CT molecular complexity index is 1160. The van der Waals surface area contributed by atoms with Crippen molar-refractivity contribution in [2.24, 2.45) is 5.92 Å². The Labute approximate surface area is 190 Å². The van der Waals surface area contributed by atoms with Crippen LogP contribution in [0.25, 0.3) is 6.08 Å². The van der Waals surface area contributed by atoms with Gasteiger partial charge in [-0.25, -0.2) is 8.42 Å². The zero-order valence-corrected chi connectivity index (χ0v) is 19.6. The first-order valence-corrected chi connectivity index (χ1v) is 12.0. The number of hydrogen-bond acceptors (Lipinski definition) is 4. The van der Waals surface area contributed by atoms with Crippen LogP contribution < -0.4 is 0 Å². The van der Waals surface area contributed by atoms with E-state index in [1.165, 1.54) is 4.31 Å². The Kier molecular flexibility index (Phi) is 7.48. The van der Waals surface area contributed by atoms with Gasteiger partial charge in [-0.15, -0.1) is 0 Å². The molecule has 3 rings (SSSR count). The third-order valence-corrected chi connectivity index (χ3v) is 7.26. The number of sulfonamides is 1. The smallest absolute Gasteiger partial charge is 0.317 e. The number of carbonyl (C=O) groups is 1. The molecule has 0 bridgehead atoms. The fourth-order valence-electron chi connectivity index (χ4n) is 3.71. The molecule has 2 aromatic carbocycles. The van der Waals surface area contributed by atoms with Crippen LogP contribution in [0.4, 0.5) is 0 Å². The molecular weight excluding hydrogens is 422 g/mol. The van der Waals surface area contributed by atoms with Crippen LogP contribution in [0.1, 0.15) is 23.6 Å². The minimum Gasteiger partial charge on any atom is -0.465 e. The van der Waals surface area contributed by atoms with E-state index in [0.29, 0.717) is 5.57 Å². The number of carbonyl (C=O) groups excluding carboxylic acids is 1. The lowest BCUT2D eigenvalue weighted by atomic mass is 9.94. The number of aryl methyl sites for hydroxylation is 2. The van der Waals surface area contributed by atoms with Gasteiger partial charge < -0.3 is 4.74 Å². The van der Waals surface area contributed by atoms with Gasteiger partial charge in [-0.3, -0.25) is 4.79 Å². The van der Waals surface area contributed by atoms with E-state index in [0.717, 1.165) is 22.3 Å². The first-order chi connectivity index (χ1) is 15.3. The number of nitrogens with zero attached hydrogens (tertiary/aromatic N) is 1. The highest BCUT2D eigenvalue weighted by atomic mass is 32.2. The zero-order valence-electron chi connectivity index (χ0n) is 18.7. The van der Waals surface area contributed by atoms with E-state index in [1.54, 1.807) is 43.3 Å². The maximum Gasteiger partial charge on any atom is 0.317 e. The maximum atomic E-state index is 13.2. The highest BCUT2D eigenvalue weighted by Gasteiger charge is 2.36. The lowest BCUT2D eigenvalue weighted by Gasteiger charge is -2.18. The normalized spacial score (nSPS) is 15.8. The minimum absolute atomic E-state index is 0.110. The van der Waals surface area contributed by atoms with Crippen molar-refractivity contribution in [2.45, 2.75) is 25.7 Å². The molecule has 0 aliphatic carbocycles. The van der Waals surface area contributed by atoms with Crippen molar-refractivity contribution in [3.05, 3.63) is 95.1 Å². The predicted octanol–water partition coefficient (Wildman–Crippen LogP) is 4.68. The fraction of sp³-hybridized carbons (Fsp3) is 0.269. The number of ether oxygens (including phenoxy) is 1. The van der Waals surface area contributed by atoms with Crippen LogP contribution >= 0.6 is 0 Å². The van der Waals surface area contributed by atoms with Gasteiger partial charge in [-0.1, -0.05) is 72.3 Å². The van der Waals surface area contributed by atoms with Crippen molar-refractivity contribution in [1.29, 1.82) is 0 Å². The molecule has 0 fully saturated rings. The van der Waals surface area contributed by atoms with Crippen molar-refractivity contribution in [3.8, 4) is 0 Å². The SMILES string of the molecule is C=CC1=C(C(/C=C/c2cccc(C)c2)C(=O)OCC)CN(S(=O)(=O)c2ccc(C)cc2)C1. The van der Waals surface area contributed by atoms with Crippen molar-refractivity contribution in [1.82, 2.24) is 4.31 Å². The number of benzene rings is 2. The molecule has 1 atom stereocenters. The largest absolute Gasteiger partial charge is 0.465 e. The predicted molar refractivity (Wildman–Crippen MR) is 127 cm³/mol. The molecule has 168 valence electrons. The molecule has 1 heterocycles. The van der Waals surface area contributed by atoms with E-state index in [2.05, 4.69) is 6.58 Å². The molecule has 0 saturated heterocycles. The highest BCUT2D eigenvalue weighted by Crippen LogP contribution is 2.31. The van der Waals surface area contributed by atoms with E-state index in [-0.39, 0.29) is 24.6 Å². The Morgan fingerprint density at radius 1 is 1.12 bits per heavy atom. The van der Waals surface area contributed by atoms with Gasteiger partial charge in [0.25, 0.3) is 0 Å². The average Bonchev–Trinajstić information content (AvgIpc) is 3.19. The minimum atomic E-state index is -3.71. The van der Waals surface area contributed by atoms with Crippen LogP contribution in [0.2, 0.25) is 0 Å². The Morgan fingerprint density at radius 3 is 2.47 bits per heavy atom. The van der Waals surface area contributed by atoms with Gasteiger partial charge >= 0.3 is 5.97 Å². The number of hydrogen-bond donors (Lipinski definition) is 0. The topological polar surface area (TPSA) is 63.7 Å². The monoisotopic (exact) mass is 451 g/mol. The summed E-state index contributed by atoms with van der Waals surface area (Å²) in [5, 5.41) is 0. The van der Waals surface area contributed by atoms with Gasteiger partial charge in [-0.2, -0.15) is 4.31 Å². The molecule has 5 nitrogen and oxygen atoms in total. The second-order valence-corrected chi connectivity index (χ2v) is 9.78. The average molecular weight is 452 g/mol. The zero-order chi connectivity index (χ0) is 23.3. The van der Waals surface area contributed by atoms with E-state index >= 15 is 0 Å². The standard InChI is InChI=1S/C26H29NO4S/c1-5-22-17-27(32(29,30)23-13-10-19(3)11-14-23)18-25(22)24(26(28)31-6-2)15-12-21-9-7-8-20(4)16-21/h5,7-16,24H,1,6,17-18H2,2-4H3/b15-12+. The molecule has 0 aromatic heterocycles. The first-order valence-electron chi connectivity index (χ1n) is 10.6. The van der Waals surface area contributed by atoms with Crippen LogP contribution in [0.15, 0.2) is 83.3 Å². The van der Waals surface area contributed by atoms with Gasteiger partial charge in [0.1, 0.15) is 0 Å². The second kappa shape index (κ2) is 10.1. The van der Waals surface area contributed by atoms with Crippen LogP contribution in [-0.2, 0) is 19.6 Å². The summed E-state index contributed by atoms with van der Waals surface area (Å²) in [6, 6.07) is 14.7. The van der Waals surface area contributed by atoms with Crippen molar-refractivity contribution < 1.29 is 17.9 Å². The molecule has 1 unspecified atom stereocenters. The molecule has 0 radical (unpaired) electrons. The summed E-state index contributed by atoms with van der Waals surface area (Å²) < 4.78 is 33.1. The second-order valence-electron chi connectivity index (χ2n) is 7.84. The Balaban J connectivity index is 1.93. The quantitative estimate of drug-likeness (QED) is 0.547. The fourth-order valence-corrected chi connectivity index (χ4v) is 5.11. The number of rotatable bonds is 8. The van der Waals surface area contributed by atoms with Gasteiger partial charge in [0.15, 0.2) is 0 Å². The van der Waals surface area contributed by atoms with Crippen molar-refractivity contribution >= 4 is 22.1 Å². The molecule has 32 heavy (non-hydrogen) atoms. The molecule has 1 aliphatic rings. The maximum absolute atomic E-state index is 13.2. The molecule has 1 aliphatic heterocycles. The third-order valence-electron chi connectivity index (χ3n) is 5.45. The summed E-state index contributed by atoms with van der Waals surface area (Å²) in [4.78, 5) is 13.1. The summed E-state index contributed by atoms with van der Waals surface area (Å²) in [7, 11) is -3.71. The van der Waals surface area contributed by atoms with E-state index < -0.39 is 21.9 Å². The highest BCUT2D eigenvalue weighted by molar-refractivity contribution is 7.89. The van der Waals surface area contributed by atoms with E-state index in [1.807, 2.05) is 44.2 Å². The van der Waals surface area contributed by atoms with Crippen LogP contribution in [0.3, 0.4) is 0 Å². The summed E-state index contributed by atoms with van der Waals surface area (Å²) >= 11 is 0. The van der Waals surface area contributed by atoms with Crippen molar-refractivity contribution in [2.75, 3.05) is 19.7 Å². The number of esters is 1. The molecule has 0 saturated carbocycles. The molecule has 0 amide bonds. The summed E-state index contributed by atoms with van der Waals surface area (Å²) in [5.41, 5.74) is 4.48. The Morgan fingerprint density at radius 2 is 1.84 bits per heavy atom. The summed E-state index contributed by atoms with van der Waals surface area (Å²) in [5.74, 6) is -1.10.